The topological polar surface area (TPSA) is 163 Å². The van der Waals surface area contributed by atoms with Crippen LogP contribution in [-0.2, 0) is 23.8 Å². The molecule has 1 atom stereocenters. The first-order valence-corrected chi connectivity index (χ1v) is 10.3. The number of carbonyl (C=O) groups is 2. The molecule has 0 saturated carbocycles. The van der Waals surface area contributed by atoms with E-state index < -0.39 is 33.8 Å². The Hall–Kier alpha value is -2.82. The highest BCUT2D eigenvalue weighted by Gasteiger charge is 2.29. The summed E-state index contributed by atoms with van der Waals surface area (Å²) >= 11 is 0. The van der Waals surface area contributed by atoms with Crippen molar-refractivity contribution in [3.8, 4) is 0 Å². The normalized spacial score (nSPS) is 12.6. The van der Waals surface area contributed by atoms with E-state index in [1.165, 1.54) is 12.1 Å². The molecule has 0 heterocycles. The first kappa shape index (κ1) is 24.2. The quantitative estimate of drug-likeness (QED) is 0.240. The van der Waals surface area contributed by atoms with Gasteiger partial charge in [0.25, 0.3) is 0 Å². The highest BCUT2D eigenvalue weighted by molar-refractivity contribution is 7.87. The van der Waals surface area contributed by atoms with E-state index in [9.17, 15) is 18.0 Å². The molecule has 0 bridgehead atoms. The molecule has 0 fully saturated rings. The van der Waals surface area contributed by atoms with E-state index >= 15 is 0 Å². The number of hydrogen-bond acceptors (Lipinski definition) is 7. The molecule has 0 aliphatic rings. The van der Waals surface area contributed by atoms with E-state index in [0.29, 0.717) is 0 Å². The van der Waals surface area contributed by atoms with E-state index in [1.807, 2.05) is 0 Å². The molecule has 29 heavy (non-hydrogen) atoms. The summed E-state index contributed by atoms with van der Waals surface area (Å²) in [6, 6.07) is 4.54. The summed E-state index contributed by atoms with van der Waals surface area (Å²) in [6.45, 7) is 6.94. The number of aliphatic imine (C=N–C) groups is 1. The highest BCUT2D eigenvalue weighted by Crippen LogP contribution is 2.15. The monoisotopic (exact) mass is 428 g/mol. The molecule has 5 N–H and O–H groups in total. The number of hydrogen-bond donors (Lipinski definition) is 3. The molecule has 0 saturated heterocycles. The molecule has 0 aromatic heterocycles. The van der Waals surface area contributed by atoms with Gasteiger partial charge in [-0.05, 0) is 52.7 Å². The predicted octanol–water partition coefficient (Wildman–Crippen LogP) is 1.17. The number of ether oxygens (including phenoxy) is 1. The number of nitrogens with one attached hydrogen (secondary N) is 1. The van der Waals surface area contributed by atoms with Crippen molar-refractivity contribution in [3.63, 3.8) is 0 Å². The zero-order chi connectivity index (χ0) is 22.2. The van der Waals surface area contributed by atoms with Crippen LogP contribution >= 0.6 is 0 Å². The molecule has 0 unspecified atom stereocenters. The lowest BCUT2D eigenvalue weighted by Crippen LogP contribution is -2.44. The maximum absolute atomic E-state index is 12.5. The van der Waals surface area contributed by atoms with Crippen molar-refractivity contribution >= 4 is 28.1 Å². The fraction of sp³-hybridized carbons (Fsp3) is 0.500. The van der Waals surface area contributed by atoms with Crippen molar-refractivity contribution < 1.29 is 26.9 Å². The lowest BCUT2D eigenvalue weighted by molar-refractivity contribution is -0.136. The molecular weight excluding hydrogens is 400 g/mol. The molecule has 1 aromatic rings. The Kier molecular flexibility index (Phi) is 8.43. The largest absolute Gasteiger partial charge is 0.444 e. The van der Waals surface area contributed by atoms with Crippen LogP contribution < -0.4 is 16.8 Å². The zero-order valence-corrected chi connectivity index (χ0v) is 17.8. The summed E-state index contributed by atoms with van der Waals surface area (Å²) in [6.07, 6.45) is -0.551. The van der Waals surface area contributed by atoms with Gasteiger partial charge < -0.3 is 25.7 Å². The van der Waals surface area contributed by atoms with E-state index in [-0.39, 0.29) is 30.2 Å². The first-order valence-electron chi connectivity index (χ1n) is 8.90. The number of benzene rings is 1. The maximum atomic E-state index is 12.5. The van der Waals surface area contributed by atoms with Crippen LogP contribution in [0.5, 0.6) is 0 Å². The van der Waals surface area contributed by atoms with Crippen LogP contribution in [0.2, 0.25) is 0 Å². The van der Waals surface area contributed by atoms with Crippen molar-refractivity contribution in [1.29, 1.82) is 0 Å². The van der Waals surface area contributed by atoms with Crippen LogP contribution in [0.4, 0.5) is 4.79 Å². The van der Waals surface area contributed by atoms with E-state index in [2.05, 4.69) is 10.3 Å². The molecule has 0 spiro atoms. The minimum Gasteiger partial charge on any atom is -0.444 e. The Morgan fingerprint density at radius 2 is 1.76 bits per heavy atom. The van der Waals surface area contributed by atoms with Crippen molar-refractivity contribution in [2.24, 2.45) is 16.5 Å². The third kappa shape index (κ3) is 9.28. The summed E-state index contributed by atoms with van der Waals surface area (Å²) in [5.74, 6) is -1.26. The fourth-order valence-corrected chi connectivity index (χ4v) is 3.02. The van der Waals surface area contributed by atoms with Crippen LogP contribution in [0, 0.1) is 6.92 Å². The van der Waals surface area contributed by atoms with Crippen LogP contribution in [0.3, 0.4) is 0 Å². The van der Waals surface area contributed by atoms with Gasteiger partial charge >= 0.3 is 22.2 Å². The van der Waals surface area contributed by atoms with Gasteiger partial charge in [0.05, 0.1) is 0 Å². The predicted molar refractivity (Wildman–Crippen MR) is 108 cm³/mol. The Balaban J connectivity index is 2.91. The van der Waals surface area contributed by atoms with Crippen molar-refractivity contribution in [1.82, 2.24) is 5.32 Å². The Bertz CT molecular complexity index is 840. The van der Waals surface area contributed by atoms with E-state index in [0.717, 1.165) is 5.56 Å². The van der Waals surface area contributed by atoms with Crippen LogP contribution in [0.1, 0.15) is 39.2 Å². The zero-order valence-electron chi connectivity index (χ0n) is 17.0. The highest BCUT2D eigenvalue weighted by atomic mass is 32.2. The van der Waals surface area contributed by atoms with Crippen molar-refractivity contribution in [2.75, 3.05) is 6.54 Å². The molecule has 0 aliphatic heterocycles. The number of guanidine groups is 1. The van der Waals surface area contributed by atoms with E-state index in [1.54, 1.807) is 39.8 Å². The van der Waals surface area contributed by atoms with Crippen LogP contribution in [0.15, 0.2) is 34.2 Å². The number of aryl methyl sites for hydroxylation is 1. The smallest absolute Gasteiger partial charge is 0.408 e. The number of nitrogens with two attached hydrogens (primary N) is 2. The minimum atomic E-state index is -4.35. The Morgan fingerprint density at radius 3 is 2.28 bits per heavy atom. The molecule has 1 aromatic carbocycles. The summed E-state index contributed by atoms with van der Waals surface area (Å²) in [7, 11) is -4.35. The maximum Gasteiger partial charge on any atom is 0.408 e. The Morgan fingerprint density at radius 1 is 1.17 bits per heavy atom. The Labute approximate surface area is 170 Å². The van der Waals surface area contributed by atoms with Gasteiger partial charge in [0, 0.05) is 6.54 Å². The van der Waals surface area contributed by atoms with Gasteiger partial charge in [-0.15, -0.1) is 0 Å². The van der Waals surface area contributed by atoms with Gasteiger partial charge in [0.1, 0.15) is 16.5 Å². The number of amides is 1. The molecule has 162 valence electrons. The van der Waals surface area contributed by atoms with Gasteiger partial charge in [-0.1, -0.05) is 17.7 Å². The van der Waals surface area contributed by atoms with Gasteiger partial charge in [-0.25, -0.2) is 9.59 Å². The minimum absolute atomic E-state index is 0.0400. The molecule has 1 rings (SSSR count). The summed E-state index contributed by atoms with van der Waals surface area (Å²) < 4.78 is 34.5. The standard InChI is InChI=1S/C18H28N4O6S/c1-12-7-9-13(10-8-12)29(25,26)28-15(23)14(6-5-11-21-16(19)20)22-17(24)27-18(2,3)4/h7-10,14H,5-6,11H2,1-4H3,(H,22,24)(H4,19,20,21)/t14-/m0/s1. The molecule has 1 amide bonds. The lowest BCUT2D eigenvalue weighted by Gasteiger charge is -2.22. The molecule has 0 aliphatic carbocycles. The third-order valence-corrected chi connectivity index (χ3v) is 4.66. The number of nitrogens with zero attached hydrogens (tertiary/aromatic N) is 1. The van der Waals surface area contributed by atoms with Crippen LogP contribution in [0.25, 0.3) is 0 Å². The second-order valence-corrected chi connectivity index (χ2v) is 8.86. The molecule has 10 nitrogen and oxygen atoms in total. The van der Waals surface area contributed by atoms with E-state index in [4.69, 9.17) is 20.4 Å². The molecule has 11 heteroatoms. The molecular formula is C18H28N4O6S. The SMILES string of the molecule is Cc1ccc(S(=O)(=O)OC(=O)[C@H](CCCN=C(N)N)NC(=O)OC(C)(C)C)cc1. The van der Waals surface area contributed by atoms with Gasteiger partial charge in [0.2, 0.25) is 0 Å². The second-order valence-electron chi connectivity index (χ2n) is 7.32. The third-order valence-electron chi connectivity index (χ3n) is 3.42. The summed E-state index contributed by atoms with van der Waals surface area (Å²) in [5.41, 5.74) is 10.5. The van der Waals surface area contributed by atoms with Gasteiger partial charge in [0.15, 0.2) is 5.96 Å². The average Bonchev–Trinajstić information content (AvgIpc) is 2.55. The fourth-order valence-electron chi connectivity index (χ4n) is 2.12. The second kappa shape index (κ2) is 10.1. The number of alkyl carbamates (subject to hydrolysis) is 1. The average molecular weight is 429 g/mol. The first-order chi connectivity index (χ1) is 13.3. The number of rotatable bonds is 8. The summed E-state index contributed by atoms with van der Waals surface area (Å²) in [4.78, 5) is 28.1. The van der Waals surface area contributed by atoms with Gasteiger partial charge in [-0.3, -0.25) is 4.99 Å². The lowest BCUT2D eigenvalue weighted by atomic mass is 10.1. The van der Waals surface area contributed by atoms with Crippen molar-refractivity contribution in [3.05, 3.63) is 29.8 Å². The van der Waals surface area contributed by atoms with Gasteiger partial charge in [-0.2, -0.15) is 8.42 Å². The molecule has 0 radical (unpaired) electrons. The summed E-state index contributed by atoms with van der Waals surface area (Å²) in [5, 5.41) is 2.33. The van der Waals surface area contributed by atoms with Crippen LogP contribution in [-0.4, -0.2) is 44.6 Å². The number of carbonyl (C=O) groups excluding carboxylic acids is 2. The van der Waals surface area contributed by atoms with Crippen molar-refractivity contribution in [2.45, 2.75) is 57.1 Å².